The lowest BCUT2D eigenvalue weighted by Crippen LogP contribution is -2.56. The molecular formula is C29H34FN5O. The second-order valence-corrected chi connectivity index (χ2v) is 9.89. The van der Waals surface area contributed by atoms with E-state index < -0.39 is 0 Å². The van der Waals surface area contributed by atoms with Crippen LogP contribution in [0.1, 0.15) is 56.1 Å². The Kier molecular flexibility index (Phi) is 7.38. The molecule has 4 rings (SSSR count). The summed E-state index contributed by atoms with van der Waals surface area (Å²) in [5.74, 6) is 0.497. The van der Waals surface area contributed by atoms with Crippen molar-refractivity contribution in [3.8, 4) is 5.69 Å². The van der Waals surface area contributed by atoms with Gasteiger partial charge in [0.1, 0.15) is 5.82 Å². The number of carbonyl (C=O) groups excluding carboxylic acids is 1. The Morgan fingerprint density at radius 1 is 1.14 bits per heavy atom. The van der Waals surface area contributed by atoms with Crippen molar-refractivity contribution in [1.82, 2.24) is 19.8 Å². The molecule has 2 heterocycles. The average Bonchev–Trinajstić information content (AvgIpc) is 3.26. The molecular weight excluding hydrogens is 453 g/mol. The zero-order chi connectivity index (χ0) is 26.0. The number of aromatic nitrogens is 2. The predicted octanol–water partition coefficient (Wildman–Crippen LogP) is 5.61. The fourth-order valence-electron chi connectivity index (χ4n) is 4.38. The normalized spacial score (nSPS) is 19.3. The van der Waals surface area contributed by atoms with Gasteiger partial charge in [-0.25, -0.2) is 9.37 Å². The van der Waals surface area contributed by atoms with Gasteiger partial charge in [-0.3, -0.25) is 14.7 Å². The van der Waals surface area contributed by atoms with Crippen molar-refractivity contribution in [3.63, 3.8) is 0 Å². The fourth-order valence-corrected chi connectivity index (χ4v) is 4.38. The van der Waals surface area contributed by atoms with Crippen molar-refractivity contribution in [2.24, 2.45) is 10.9 Å². The Labute approximate surface area is 212 Å². The molecule has 1 aliphatic heterocycles. The first-order chi connectivity index (χ1) is 17.1. The van der Waals surface area contributed by atoms with Crippen LogP contribution in [0.2, 0.25) is 0 Å². The molecule has 0 radical (unpaired) electrons. The highest BCUT2D eigenvalue weighted by molar-refractivity contribution is 6.11. The molecule has 0 aliphatic carbocycles. The molecule has 1 N–H and O–H groups in total. The van der Waals surface area contributed by atoms with E-state index in [4.69, 9.17) is 4.99 Å². The topological polar surface area (TPSA) is 62.5 Å². The monoisotopic (exact) mass is 487 g/mol. The van der Waals surface area contributed by atoms with Crippen LogP contribution in [0, 0.1) is 25.6 Å². The second-order valence-electron chi connectivity index (χ2n) is 9.89. The number of amides is 1. The second kappa shape index (κ2) is 10.5. The number of nitrogens with one attached hydrogen (secondary N) is 1. The number of imidazole rings is 1. The third-order valence-electron chi connectivity index (χ3n) is 6.38. The quantitative estimate of drug-likeness (QED) is 0.460. The van der Waals surface area contributed by atoms with Gasteiger partial charge in [0.05, 0.1) is 24.1 Å². The third kappa shape index (κ3) is 5.40. The zero-order valence-electron chi connectivity index (χ0n) is 21.8. The summed E-state index contributed by atoms with van der Waals surface area (Å²) in [4.78, 5) is 24.6. The molecule has 6 nitrogen and oxygen atoms in total. The van der Waals surface area contributed by atoms with Crippen molar-refractivity contribution in [1.29, 1.82) is 0 Å². The molecule has 1 fully saturated rings. The third-order valence-corrected chi connectivity index (χ3v) is 6.38. The molecule has 2 unspecified atom stereocenters. The van der Waals surface area contributed by atoms with Crippen LogP contribution in [0.4, 0.5) is 4.39 Å². The van der Waals surface area contributed by atoms with E-state index in [-0.39, 0.29) is 23.8 Å². The van der Waals surface area contributed by atoms with Crippen LogP contribution < -0.4 is 5.32 Å². The molecule has 36 heavy (non-hydrogen) atoms. The summed E-state index contributed by atoms with van der Waals surface area (Å²) in [6.07, 6.45) is 5.74. The first-order valence-corrected chi connectivity index (χ1v) is 12.4. The largest absolute Gasteiger partial charge is 0.349 e. The molecule has 7 heteroatoms. The number of benzene rings is 2. The highest BCUT2D eigenvalue weighted by Crippen LogP contribution is 2.28. The Hall–Kier alpha value is -3.74. The number of rotatable bonds is 6. The van der Waals surface area contributed by atoms with Gasteiger partial charge in [0.2, 0.25) is 5.96 Å². The van der Waals surface area contributed by atoms with Crippen molar-refractivity contribution in [2.45, 2.75) is 53.6 Å². The van der Waals surface area contributed by atoms with Gasteiger partial charge in [-0.2, -0.15) is 0 Å². The van der Waals surface area contributed by atoms with Crippen LogP contribution in [0.5, 0.6) is 0 Å². The van der Waals surface area contributed by atoms with E-state index in [1.54, 1.807) is 23.4 Å². The highest BCUT2D eigenvalue weighted by Gasteiger charge is 2.36. The van der Waals surface area contributed by atoms with Crippen LogP contribution in [-0.2, 0) is 4.79 Å². The number of aliphatic imine (C=N–C) groups is 1. The summed E-state index contributed by atoms with van der Waals surface area (Å²) >= 11 is 0. The van der Waals surface area contributed by atoms with E-state index in [9.17, 15) is 9.18 Å². The van der Waals surface area contributed by atoms with Gasteiger partial charge >= 0.3 is 0 Å². The van der Waals surface area contributed by atoms with Crippen LogP contribution in [-0.4, -0.2) is 38.9 Å². The first kappa shape index (κ1) is 25.4. The molecule has 0 saturated carbocycles. The maximum atomic E-state index is 13.9. The maximum absolute atomic E-state index is 13.9. The van der Waals surface area contributed by atoms with E-state index in [0.717, 1.165) is 28.1 Å². The van der Waals surface area contributed by atoms with Crippen molar-refractivity contribution >= 4 is 17.9 Å². The molecule has 2 aromatic carbocycles. The van der Waals surface area contributed by atoms with Crippen molar-refractivity contribution < 1.29 is 9.18 Å². The Bertz CT molecular complexity index is 1310. The maximum Gasteiger partial charge on any atom is 0.259 e. The van der Waals surface area contributed by atoms with Gasteiger partial charge in [-0.05, 0) is 80.6 Å². The number of guanidine groups is 1. The molecule has 1 saturated heterocycles. The van der Waals surface area contributed by atoms with E-state index in [2.05, 4.69) is 37.1 Å². The molecule has 3 aromatic rings. The van der Waals surface area contributed by atoms with Gasteiger partial charge in [-0.1, -0.05) is 32.0 Å². The summed E-state index contributed by atoms with van der Waals surface area (Å²) in [6, 6.07) is 11.9. The van der Waals surface area contributed by atoms with E-state index in [1.807, 2.05) is 49.7 Å². The standard InChI is InChI=1S/C29H34FN5O/c1-18(2)15-31-29-33-21(5)26(28(36)35(29)22(6)24-8-10-25(30)11-9-24)14-23-7-12-27(19(3)13-23)34-16-20(4)32-17-34/h7-14,16-18,21-22H,15H2,1-6H3,(H,31,33)/b26-14+. The molecule has 188 valence electrons. The minimum absolute atomic E-state index is 0.104. The van der Waals surface area contributed by atoms with Gasteiger partial charge in [-0.15, -0.1) is 0 Å². The van der Waals surface area contributed by atoms with Gasteiger partial charge in [0, 0.05) is 24.0 Å². The smallest absolute Gasteiger partial charge is 0.259 e. The van der Waals surface area contributed by atoms with Crippen LogP contribution >= 0.6 is 0 Å². The minimum Gasteiger partial charge on any atom is -0.349 e. The Balaban J connectivity index is 1.69. The zero-order valence-corrected chi connectivity index (χ0v) is 21.8. The van der Waals surface area contributed by atoms with Crippen LogP contribution in [0.3, 0.4) is 0 Å². The molecule has 1 aliphatic rings. The number of aryl methyl sites for hydroxylation is 2. The van der Waals surface area contributed by atoms with Gasteiger partial charge < -0.3 is 9.88 Å². The highest BCUT2D eigenvalue weighted by atomic mass is 19.1. The van der Waals surface area contributed by atoms with Crippen molar-refractivity contribution in [2.75, 3.05) is 6.54 Å². The van der Waals surface area contributed by atoms with E-state index in [1.165, 1.54) is 12.1 Å². The summed E-state index contributed by atoms with van der Waals surface area (Å²) in [5.41, 5.74) is 5.53. The van der Waals surface area contributed by atoms with E-state index in [0.29, 0.717) is 24.0 Å². The molecule has 0 spiro atoms. The van der Waals surface area contributed by atoms with Gasteiger partial charge in [0.25, 0.3) is 5.91 Å². The number of hydrogen-bond donors (Lipinski definition) is 1. The number of hydrogen-bond acceptors (Lipinski definition) is 3. The first-order valence-electron chi connectivity index (χ1n) is 12.4. The molecule has 0 bridgehead atoms. The molecule has 2 atom stereocenters. The van der Waals surface area contributed by atoms with Crippen LogP contribution in [0.25, 0.3) is 11.8 Å². The van der Waals surface area contributed by atoms with E-state index >= 15 is 0 Å². The van der Waals surface area contributed by atoms with Gasteiger partial charge in [0.15, 0.2) is 0 Å². The number of carbonyl (C=O) groups is 1. The summed E-state index contributed by atoms with van der Waals surface area (Å²) in [6.45, 7) is 12.7. The Morgan fingerprint density at radius 2 is 1.86 bits per heavy atom. The Morgan fingerprint density at radius 3 is 2.47 bits per heavy atom. The number of nitrogens with zero attached hydrogens (tertiary/aromatic N) is 4. The summed E-state index contributed by atoms with van der Waals surface area (Å²) in [5, 5.41) is 3.44. The average molecular weight is 488 g/mol. The fraction of sp³-hybridized carbons (Fsp3) is 0.345. The molecule has 1 amide bonds. The lowest BCUT2D eigenvalue weighted by molar-refractivity contribution is -0.126. The lowest BCUT2D eigenvalue weighted by atomic mass is 9.97. The van der Waals surface area contributed by atoms with Crippen LogP contribution in [0.15, 0.2) is 65.6 Å². The van der Waals surface area contributed by atoms with Crippen molar-refractivity contribution in [3.05, 3.63) is 88.8 Å². The lowest BCUT2D eigenvalue weighted by Gasteiger charge is -2.38. The summed E-state index contributed by atoms with van der Waals surface area (Å²) < 4.78 is 15.6. The minimum atomic E-state index is -0.319. The number of halogens is 1. The summed E-state index contributed by atoms with van der Waals surface area (Å²) in [7, 11) is 0. The molecule has 1 aromatic heterocycles. The predicted molar refractivity (Wildman–Crippen MR) is 142 cm³/mol. The SMILES string of the molecule is Cc1cn(-c2ccc(/C=C3/C(=O)N(C(C)c4ccc(F)cc4)/C(=N/CC(C)C)NC3C)cc2C)cn1.